The van der Waals surface area contributed by atoms with Gasteiger partial charge in [0.1, 0.15) is 6.10 Å². The Kier molecular flexibility index (Phi) is 5.12. The predicted octanol–water partition coefficient (Wildman–Crippen LogP) is 0.768. The van der Waals surface area contributed by atoms with Gasteiger partial charge in [-0.2, -0.15) is 13.2 Å². The number of anilines is 1. The van der Waals surface area contributed by atoms with Gasteiger partial charge < -0.3 is 20.7 Å². The number of benzene rings is 1. The number of aliphatic hydroxyl groups excluding tert-OH is 3. The zero-order valence-corrected chi connectivity index (χ0v) is 9.85. The first-order valence-corrected chi connectivity index (χ1v) is 5.46. The van der Waals surface area contributed by atoms with Gasteiger partial charge in [-0.1, -0.05) is 6.07 Å². The van der Waals surface area contributed by atoms with Crippen molar-refractivity contribution in [3.8, 4) is 0 Å². The number of hydrogen-bond acceptors (Lipinski definition) is 5. The van der Waals surface area contributed by atoms with E-state index in [1.54, 1.807) is 0 Å². The number of nitrogens with two attached hydrogens (primary N) is 1. The summed E-state index contributed by atoms with van der Waals surface area (Å²) < 4.78 is 37.5. The number of aliphatic hydroxyl groups is 3. The van der Waals surface area contributed by atoms with Crippen molar-refractivity contribution in [1.82, 2.24) is 0 Å². The highest BCUT2D eigenvalue weighted by Crippen LogP contribution is 2.34. The Bertz CT molecular complexity index is 426. The first-order valence-electron chi connectivity index (χ1n) is 5.46. The van der Waals surface area contributed by atoms with E-state index in [-0.39, 0.29) is 24.3 Å². The van der Waals surface area contributed by atoms with Crippen LogP contribution in [0.2, 0.25) is 0 Å². The van der Waals surface area contributed by atoms with Gasteiger partial charge in [-0.15, -0.1) is 0 Å². The molecule has 1 rings (SSSR count). The lowest BCUT2D eigenvalue weighted by atomic mass is 9.99. The van der Waals surface area contributed by atoms with Gasteiger partial charge in [-0.3, -0.25) is 5.84 Å². The molecule has 0 bridgehead atoms. The van der Waals surface area contributed by atoms with Crippen LogP contribution in [0.3, 0.4) is 0 Å². The minimum atomic E-state index is -4.53. The normalized spacial score (nSPS) is 15.1. The van der Waals surface area contributed by atoms with Crippen LogP contribution in [0, 0.1) is 0 Å². The smallest absolute Gasteiger partial charge is 0.396 e. The molecule has 1 aromatic carbocycles. The van der Waals surface area contributed by atoms with E-state index in [2.05, 4.69) is 5.43 Å². The molecule has 0 aliphatic heterocycles. The van der Waals surface area contributed by atoms with Crippen LogP contribution >= 0.6 is 0 Å². The summed E-state index contributed by atoms with van der Waals surface area (Å²) in [5.74, 6) is 5.12. The Hall–Kier alpha value is -1.35. The van der Waals surface area contributed by atoms with Crippen LogP contribution < -0.4 is 11.3 Å². The Morgan fingerprint density at radius 3 is 2.37 bits per heavy atom. The molecule has 0 heterocycles. The summed E-state index contributed by atoms with van der Waals surface area (Å²) in [6, 6.07) is 2.55. The number of halogens is 3. The van der Waals surface area contributed by atoms with Crippen LogP contribution in [0.4, 0.5) is 18.9 Å². The minimum absolute atomic E-state index is 0.0245. The van der Waals surface area contributed by atoms with Gasteiger partial charge in [0, 0.05) is 12.2 Å². The van der Waals surface area contributed by atoms with Crippen LogP contribution in [0.15, 0.2) is 18.2 Å². The molecule has 1 aromatic rings. The van der Waals surface area contributed by atoms with Gasteiger partial charge in [0.05, 0.1) is 17.4 Å². The van der Waals surface area contributed by atoms with Crippen molar-refractivity contribution in [2.45, 2.75) is 24.8 Å². The third kappa shape index (κ3) is 3.80. The largest absolute Gasteiger partial charge is 0.416 e. The highest BCUT2D eigenvalue weighted by atomic mass is 19.4. The van der Waals surface area contributed by atoms with Gasteiger partial charge in [0.2, 0.25) is 0 Å². The van der Waals surface area contributed by atoms with Crippen molar-refractivity contribution in [3.63, 3.8) is 0 Å². The fourth-order valence-electron chi connectivity index (χ4n) is 1.61. The number of nitrogen functional groups attached to an aromatic ring is 1. The number of hydrazine groups is 1. The molecule has 0 fully saturated rings. The number of hydrogen-bond donors (Lipinski definition) is 5. The van der Waals surface area contributed by atoms with E-state index in [0.29, 0.717) is 0 Å². The molecule has 0 saturated heterocycles. The van der Waals surface area contributed by atoms with Crippen LogP contribution in [-0.2, 0) is 6.18 Å². The summed E-state index contributed by atoms with van der Waals surface area (Å²) in [5, 5.41) is 28.0. The molecule has 0 saturated carbocycles. The van der Waals surface area contributed by atoms with E-state index in [1.807, 2.05) is 0 Å². The molecule has 108 valence electrons. The third-order valence-corrected chi connectivity index (χ3v) is 2.64. The molecule has 8 heteroatoms. The molecule has 2 unspecified atom stereocenters. The summed E-state index contributed by atoms with van der Waals surface area (Å²) >= 11 is 0. The molecule has 19 heavy (non-hydrogen) atoms. The summed E-state index contributed by atoms with van der Waals surface area (Å²) in [5.41, 5.74) is 1.01. The highest BCUT2D eigenvalue weighted by molar-refractivity contribution is 5.54. The van der Waals surface area contributed by atoms with E-state index in [9.17, 15) is 23.4 Å². The second-order valence-electron chi connectivity index (χ2n) is 3.97. The van der Waals surface area contributed by atoms with Crippen molar-refractivity contribution >= 4 is 5.69 Å². The minimum Gasteiger partial charge on any atom is -0.396 e. The summed E-state index contributed by atoms with van der Waals surface area (Å²) in [6.07, 6.45) is -7.38. The zero-order valence-electron chi connectivity index (χ0n) is 9.85. The summed E-state index contributed by atoms with van der Waals surface area (Å²) in [4.78, 5) is 0. The number of alkyl halides is 3. The first kappa shape index (κ1) is 15.7. The van der Waals surface area contributed by atoms with Gasteiger partial charge in [0.15, 0.2) is 0 Å². The zero-order chi connectivity index (χ0) is 14.6. The van der Waals surface area contributed by atoms with Gasteiger partial charge >= 0.3 is 6.18 Å². The first-order chi connectivity index (χ1) is 8.81. The second kappa shape index (κ2) is 6.20. The van der Waals surface area contributed by atoms with Crippen molar-refractivity contribution in [2.24, 2.45) is 5.84 Å². The van der Waals surface area contributed by atoms with Crippen LogP contribution in [-0.4, -0.2) is 28.0 Å². The summed E-state index contributed by atoms with van der Waals surface area (Å²) in [7, 11) is 0. The van der Waals surface area contributed by atoms with Crippen LogP contribution in [0.1, 0.15) is 23.7 Å². The van der Waals surface area contributed by atoms with E-state index >= 15 is 0 Å². The Labute approximate surface area is 107 Å². The molecule has 0 spiro atoms. The van der Waals surface area contributed by atoms with Crippen molar-refractivity contribution < 1.29 is 28.5 Å². The fourth-order valence-corrected chi connectivity index (χ4v) is 1.61. The number of nitrogens with one attached hydrogen (secondary N) is 1. The number of rotatable bonds is 5. The summed E-state index contributed by atoms with van der Waals surface area (Å²) in [6.45, 7) is -0.357. The Morgan fingerprint density at radius 1 is 1.26 bits per heavy atom. The second-order valence-corrected chi connectivity index (χ2v) is 3.97. The standard InChI is InChI=1S/C11H15F3N2O3/c12-11(13,14)6-1-2-7(8(5-6)16-15)10(19)9(18)3-4-17/h1-2,5,9-10,16-19H,3-4,15H2. The maximum atomic E-state index is 12.5. The van der Waals surface area contributed by atoms with E-state index in [4.69, 9.17) is 10.9 Å². The molecule has 0 radical (unpaired) electrons. The molecule has 0 aliphatic carbocycles. The molecular formula is C11H15F3N2O3. The average molecular weight is 280 g/mol. The lowest BCUT2D eigenvalue weighted by Gasteiger charge is -2.21. The van der Waals surface area contributed by atoms with Crippen molar-refractivity contribution in [3.05, 3.63) is 29.3 Å². The quantitative estimate of drug-likeness (QED) is 0.405. The molecule has 2 atom stereocenters. The molecular weight excluding hydrogens is 265 g/mol. The highest BCUT2D eigenvalue weighted by Gasteiger charge is 2.32. The maximum absolute atomic E-state index is 12.5. The third-order valence-electron chi connectivity index (χ3n) is 2.64. The van der Waals surface area contributed by atoms with Crippen LogP contribution in [0.5, 0.6) is 0 Å². The average Bonchev–Trinajstić information content (AvgIpc) is 2.36. The Balaban J connectivity index is 3.09. The van der Waals surface area contributed by atoms with E-state index in [1.165, 1.54) is 0 Å². The predicted molar refractivity (Wildman–Crippen MR) is 61.9 cm³/mol. The van der Waals surface area contributed by atoms with Gasteiger partial charge in [-0.05, 0) is 18.6 Å². The monoisotopic (exact) mass is 280 g/mol. The van der Waals surface area contributed by atoms with Gasteiger partial charge in [0.25, 0.3) is 0 Å². The maximum Gasteiger partial charge on any atom is 0.416 e. The molecule has 0 amide bonds. The Morgan fingerprint density at radius 2 is 1.89 bits per heavy atom. The SMILES string of the molecule is NNc1cc(C(F)(F)F)ccc1C(O)C(O)CCO. The van der Waals surface area contributed by atoms with Crippen molar-refractivity contribution in [2.75, 3.05) is 12.0 Å². The van der Waals surface area contributed by atoms with E-state index < -0.39 is 23.9 Å². The van der Waals surface area contributed by atoms with Gasteiger partial charge in [-0.25, -0.2) is 0 Å². The van der Waals surface area contributed by atoms with Crippen LogP contribution in [0.25, 0.3) is 0 Å². The molecule has 0 aromatic heterocycles. The van der Waals surface area contributed by atoms with E-state index in [0.717, 1.165) is 18.2 Å². The topological polar surface area (TPSA) is 98.7 Å². The molecule has 5 nitrogen and oxygen atoms in total. The lowest BCUT2D eigenvalue weighted by Crippen LogP contribution is -2.22. The fraction of sp³-hybridized carbons (Fsp3) is 0.455. The molecule has 6 N–H and O–H groups in total. The van der Waals surface area contributed by atoms with Crippen molar-refractivity contribution in [1.29, 1.82) is 0 Å². The molecule has 0 aliphatic rings. The lowest BCUT2D eigenvalue weighted by molar-refractivity contribution is -0.137.